The van der Waals surface area contributed by atoms with E-state index in [0.717, 1.165) is 24.3 Å². The van der Waals surface area contributed by atoms with Crippen molar-refractivity contribution in [1.82, 2.24) is 4.98 Å². The van der Waals surface area contributed by atoms with Crippen LogP contribution in [0.4, 0.5) is 11.4 Å². The van der Waals surface area contributed by atoms with Crippen LogP contribution in [-0.4, -0.2) is 44.3 Å². The van der Waals surface area contributed by atoms with Crippen LogP contribution in [0.2, 0.25) is 0 Å². The topological polar surface area (TPSA) is 63.7 Å². The predicted octanol–water partition coefficient (Wildman–Crippen LogP) is 2.49. The second kappa shape index (κ2) is 7.31. The second-order valence-corrected chi connectivity index (χ2v) is 5.69. The molecule has 0 bridgehead atoms. The Hall–Kier alpha value is -2.60. The Balaban J connectivity index is 1.79. The predicted molar refractivity (Wildman–Crippen MR) is 93.0 cm³/mol. The first kappa shape index (κ1) is 16.3. The number of nitrogens with one attached hydrogen (secondary N) is 1. The number of amides is 1. The van der Waals surface area contributed by atoms with E-state index in [-0.39, 0.29) is 5.91 Å². The van der Waals surface area contributed by atoms with Crippen LogP contribution in [0.15, 0.2) is 36.7 Å². The van der Waals surface area contributed by atoms with E-state index >= 15 is 0 Å². The number of rotatable bonds is 4. The molecule has 0 atom stereocenters. The molecule has 0 unspecified atom stereocenters. The molecule has 1 saturated heterocycles. The fourth-order valence-electron chi connectivity index (χ4n) is 2.66. The first-order chi connectivity index (χ1) is 11.7. The van der Waals surface area contributed by atoms with E-state index in [1.54, 1.807) is 19.5 Å². The highest BCUT2D eigenvalue weighted by Gasteiger charge is 2.15. The van der Waals surface area contributed by atoms with Crippen molar-refractivity contribution in [3.63, 3.8) is 0 Å². The van der Waals surface area contributed by atoms with Gasteiger partial charge in [-0.15, -0.1) is 0 Å². The van der Waals surface area contributed by atoms with Crippen LogP contribution in [0.25, 0.3) is 0 Å². The molecular weight excluding hydrogens is 306 g/mol. The lowest BCUT2D eigenvalue weighted by molar-refractivity contribution is 0.102. The molecule has 0 spiro atoms. The van der Waals surface area contributed by atoms with Crippen molar-refractivity contribution in [2.45, 2.75) is 6.92 Å². The monoisotopic (exact) mass is 327 g/mol. The SMILES string of the molecule is COc1ccc(C)cc1NC(=O)c1cncc(N2CCOCC2)c1. The molecule has 1 aromatic carbocycles. The van der Waals surface area contributed by atoms with Crippen LogP contribution >= 0.6 is 0 Å². The van der Waals surface area contributed by atoms with Crippen molar-refractivity contribution >= 4 is 17.3 Å². The first-order valence-corrected chi connectivity index (χ1v) is 7.91. The molecule has 6 heteroatoms. The number of hydrogen-bond acceptors (Lipinski definition) is 5. The molecule has 1 aliphatic rings. The van der Waals surface area contributed by atoms with E-state index in [4.69, 9.17) is 9.47 Å². The summed E-state index contributed by atoms with van der Waals surface area (Å²) in [5, 5.41) is 2.90. The Morgan fingerprint density at radius 3 is 2.79 bits per heavy atom. The van der Waals surface area contributed by atoms with Gasteiger partial charge in [-0.3, -0.25) is 9.78 Å². The summed E-state index contributed by atoms with van der Waals surface area (Å²) in [7, 11) is 1.58. The molecule has 3 rings (SSSR count). The number of carbonyl (C=O) groups is 1. The molecular formula is C18H21N3O3. The van der Waals surface area contributed by atoms with Crippen molar-refractivity contribution < 1.29 is 14.3 Å². The molecule has 2 aromatic rings. The van der Waals surface area contributed by atoms with Crippen molar-refractivity contribution in [2.24, 2.45) is 0 Å². The molecule has 1 fully saturated rings. The summed E-state index contributed by atoms with van der Waals surface area (Å²) in [5.41, 5.74) is 3.15. The van der Waals surface area contributed by atoms with Crippen molar-refractivity contribution in [2.75, 3.05) is 43.6 Å². The quantitative estimate of drug-likeness (QED) is 0.935. The van der Waals surface area contributed by atoms with Crippen LogP contribution in [-0.2, 0) is 4.74 Å². The van der Waals surface area contributed by atoms with Gasteiger partial charge in [0, 0.05) is 19.3 Å². The molecule has 0 aliphatic carbocycles. The zero-order valence-corrected chi connectivity index (χ0v) is 13.9. The largest absolute Gasteiger partial charge is 0.495 e. The lowest BCUT2D eigenvalue weighted by Gasteiger charge is -2.28. The Bertz CT molecular complexity index is 727. The third-order valence-electron chi connectivity index (χ3n) is 3.97. The molecule has 24 heavy (non-hydrogen) atoms. The highest BCUT2D eigenvalue weighted by atomic mass is 16.5. The van der Waals surface area contributed by atoms with E-state index < -0.39 is 0 Å². The van der Waals surface area contributed by atoms with Gasteiger partial charge in [0.2, 0.25) is 0 Å². The molecule has 1 aromatic heterocycles. The minimum Gasteiger partial charge on any atom is -0.495 e. The Kier molecular flexibility index (Phi) is 4.96. The van der Waals surface area contributed by atoms with Gasteiger partial charge in [-0.25, -0.2) is 0 Å². The number of hydrogen-bond donors (Lipinski definition) is 1. The summed E-state index contributed by atoms with van der Waals surface area (Å²) in [6, 6.07) is 7.52. The van der Waals surface area contributed by atoms with Gasteiger partial charge in [0.25, 0.3) is 5.91 Å². The van der Waals surface area contributed by atoms with Crippen LogP contribution in [0.3, 0.4) is 0 Å². The third kappa shape index (κ3) is 3.65. The lowest BCUT2D eigenvalue weighted by atomic mass is 10.2. The second-order valence-electron chi connectivity index (χ2n) is 5.69. The molecule has 1 amide bonds. The van der Waals surface area contributed by atoms with Gasteiger partial charge in [0.1, 0.15) is 5.75 Å². The zero-order chi connectivity index (χ0) is 16.9. The normalized spacial score (nSPS) is 14.3. The van der Waals surface area contributed by atoms with Gasteiger partial charge in [-0.2, -0.15) is 0 Å². The summed E-state index contributed by atoms with van der Waals surface area (Å²) in [6.07, 6.45) is 3.34. The van der Waals surface area contributed by atoms with Crippen LogP contribution in [0, 0.1) is 6.92 Å². The Morgan fingerprint density at radius 1 is 1.25 bits per heavy atom. The first-order valence-electron chi connectivity index (χ1n) is 7.91. The maximum Gasteiger partial charge on any atom is 0.257 e. The number of nitrogens with zero attached hydrogens (tertiary/aromatic N) is 2. The van der Waals surface area contributed by atoms with E-state index in [0.29, 0.717) is 30.2 Å². The van der Waals surface area contributed by atoms with Crippen LogP contribution in [0.1, 0.15) is 15.9 Å². The van der Waals surface area contributed by atoms with Crippen molar-refractivity contribution in [3.05, 3.63) is 47.8 Å². The molecule has 126 valence electrons. The molecule has 6 nitrogen and oxygen atoms in total. The highest BCUT2D eigenvalue weighted by Crippen LogP contribution is 2.26. The maximum absolute atomic E-state index is 12.6. The number of pyridine rings is 1. The summed E-state index contributed by atoms with van der Waals surface area (Å²) in [5.74, 6) is 0.424. The van der Waals surface area contributed by atoms with E-state index in [9.17, 15) is 4.79 Å². The molecule has 1 N–H and O–H groups in total. The number of ether oxygens (including phenoxy) is 2. The van der Waals surface area contributed by atoms with Crippen LogP contribution < -0.4 is 15.0 Å². The third-order valence-corrected chi connectivity index (χ3v) is 3.97. The summed E-state index contributed by atoms with van der Waals surface area (Å²) in [6.45, 7) is 4.96. The number of carbonyl (C=O) groups excluding carboxylic acids is 1. The zero-order valence-electron chi connectivity index (χ0n) is 13.9. The van der Waals surface area contributed by atoms with Gasteiger partial charge in [-0.1, -0.05) is 6.07 Å². The number of morpholine rings is 1. The average molecular weight is 327 g/mol. The molecule has 0 saturated carbocycles. The van der Waals surface area contributed by atoms with E-state index in [1.165, 1.54) is 0 Å². The van der Waals surface area contributed by atoms with E-state index in [1.807, 2.05) is 31.2 Å². The van der Waals surface area contributed by atoms with Gasteiger partial charge in [0.05, 0.1) is 43.5 Å². The van der Waals surface area contributed by atoms with E-state index in [2.05, 4.69) is 15.2 Å². The molecule has 2 heterocycles. The maximum atomic E-state index is 12.6. The Labute approximate surface area is 141 Å². The van der Waals surface area contributed by atoms with Crippen molar-refractivity contribution in [1.29, 1.82) is 0 Å². The van der Waals surface area contributed by atoms with Gasteiger partial charge in [0.15, 0.2) is 0 Å². The summed E-state index contributed by atoms with van der Waals surface area (Å²) < 4.78 is 10.7. The summed E-state index contributed by atoms with van der Waals surface area (Å²) >= 11 is 0. The lowest BCUT2D eigenvalue weighted by Crippen LogP contribution is -2.36. The Morgan fingerprint density at radius 2 is 2.04 bits per heavy atom. The van der Waals surface area contributed by atoms with Crippen molar-refractivity contribution in [3.8, 4) is 5.75 Å². The fourth-order valence-corrected chi connectivity index (χ4v) is 2.66. The molecule has 1 aliphatic heterocycles. The number of methoxy groups -OCH3 is 1. The van der Waals surface area contributed by atoms with Gasteiger partial charge >= 0.3 is 0 Å². The minimum atomic E-state index is -0.207. The minimum absolute atomic E-state index is 0.207. The fraction of sp³-hybridized carbons (Fsp3) is 0.333. The van der Waals surface area contributed by atoms with Crippen LogP contribution in [0.5, 0.6) is 5.75 Å². The number of aromatic nitrogens is 1. The molecule has 0 radical (unpaired) electrons. The summed E-state index contributed by atoms with van der Waals surface area (Å²) in [4.78, 5) is 19.0. The highest BCUT2D eigenvalue weighted by molar-refractivity contribution is 6.05. The number of anilines is 2. The van der Waals surface area contributed by atoms with Gasteiger partial charge in [-0.05, 0) is 30.7 Å². The number of benzene rings is 1. The number of aryl methyl sites for hydroxylation is 1. The standard InChI is InChI=1S/C18H21N3O3/c1-13-3-4-17(23-2)16(9-13)20-18(22)14-10-15(12-19-11-14)21-5-7-24-8-6-21/h3-4,9-12H,5-8H2,1-2H3,(H,20,22). The van der Waals surface area contributed by atoms with Gasteiger partial charge < -0.3 is 19.7 Å². The smallest absolute Gasteiger partial charge is 0.257 e. The average Bonchev–Trinajstić information content (AvgIpc) is 2.63.